The van der Waals surface area contributed by atoms with Gasteiger partial charge in [0.25, 0.3) is 11.8 Å². The maximum Gasteiger partial charge on any atom is 0.253 e. The lowest BCUT2D eigenvalue weighted by atomic mass is 9.89. The Bertz CT molecular complexity index is 2040. The van der Waals surface area contributed by atoms with Crippen molar-refractivity contribution in [2.75, 3.05) is 121 Å². The summed E-state index contributed by atoms with van der Waals surface area (Å²) in [5.74, 6) is -3.49. The van der Waals surface area contributed by atoms with Crippen molar-refractivity contribution in [2.45, 2.75) is 136 Å². The summed E-state index contributed by atoms with van der Waals surface area (Å²) in [7, 11) is 6.26. The monoisotopic (exact) mass is 1120 g/mol. The molecule has 22 heteroatoms. The first-order chi connectivity index (χ1) is 37.6. The fraction of sp³-hybridized carbons (Fsp3) is 0.737. The Hall–Kier alpha value is -4.91. The van der Waals surface area contributed by atoms with E-state index in [9.17, 15) is 38.7 Å². The van der Waals surface area contributed by atoms with Gasteiger partial charge in [-0.3, -0.25) is 38.5 Å². The van der Waals surface area contributed by atoms with Gasteiger partial charge < -0.3 is 68.3 Å². The summed E-state index contributed by atoms with van der Waals surface area (Å²) < 4.78 is 45.1. The SMILES string of the molecule is CCC(C)C(C(CC(=O)N1CCCC1C(OC)C(C)C(=O)NC(C)C(O)c1ccccc1)OC)N(C)C(=O)C(NC(=O)C(C)(C)N(C)C(=O)CCOCCOCCOCCOCCOCCOCCN1C(=O)C=CC1=O)C(C)C. The summed E-state index contributed by atoms with van der Waals surface area (Å²) >= 11 is 0. The van der Waals surface area contributed by atoms with Crippen LogP contribution in [0.25, 0.3) is 0 Å². The molecule has 0 saturated carbocycles. The Morgan fingerprint density at radius 1 is 0.747 bits per heavy atom. The third-order valence-corrected chi connectivity index (χ3v) is 14.9. The zero-order valence-electron chi connectivity index (χ0n) is 49.1. The second-order valence-corrected chi connectivity index (χ2v) is 21.0. The normalized spacial score (nSPS) is 17.8. The third-order valence-electron chi connectivity index (χ3n) is 14.9. The van der Waals surface area contributed by atoms with Crippen LogP contribution >= 0.6 is 0 Å². The number of nitrogens with one attached hydrogen (secondary N) is 2. The lowest BCUT2D eigenvalue weighted by Crippen LogP contribution is -2.62. The number of carbonyl (C=O) groups excluding carboxylic acids is 7. The van der Waals surface area contributed by atoms with Crippen LogP contribution in [0.3, 0.4) is 0 Å². The molecule has 3 N–H and O–H groups in total. The van der Waals surface area contributed by atoms with E-state index in [1.54, 1.807) is 63.7 Å². The van der Waals surface area contributed by atoms with Crippen LogP contribution in [-0.4, -0.2) is 229 Å². The van der Waals surface area contributed by atoms with Gasteiger partial charge in [0.2, 0.25) is 29.5 Å². The van der Waals surface area contributed by atoms with Crippen LogP contribution in [0.4, 0.5) is 0 Å². The number of methoxy groups -OCH3 is 2. The number of rotatable bonds is 40. The van der Waals surface area contributed by atoms with Gasteiger partial charge in [0.15, 0.2) is 0 Å². The van der Waals surface area contributed by atoms with E-state index in [4.69, 9.17) is 37.9 Å². The number of aliphatic hydroxyl groups is 1. The number of ether oxygens (including phenoxy) is 8. The van der Waals surface area contributed by atoms with Gasteiger partial charge in [-0.2, -0.15) is 0 Å². The quantitative estimate of drug-likeness (QED) is 0.0631. The number of carbonyl (C=O) groups is 7. The predicted molar refractivity (Wildman–Crippen MR) is 294 cm³/mol. The molecule has 0 aliphatic carbocycles. The average molecular weight is 1120 g/mol. The molecule has 1 saturated heterocycles. The number of likely N-dealkylation sites (N-methyl/N-ethyl adjacent to an activating group) is 2. The summed E-state index contributed by atoms with van der Waals surface area (Å²) in [5.41, 5.74) is -0.657. The highest BCUT2D eigenvalue weighted by molar-refractivity contribution is 6.12. The Morgan fingerprint density at radius 3 is 1.76 bits per heavy atom. The number of amides is 7. The summed E-state index contributed by atoms with van der Waals surface area (Å²) in [5, 5.41) is 16.8. The number of imide groups is 1. The van der Waals surface area contributed by atoms with E-state index in [0.717, 1.165) is 4.90 Å². The van der Waals surface area contributed by atoms with Gasteiger partial charge in [-0.25, -0.2) is 0 Å². The lowest BCUT2D eigenvalue weighted by Gasteiger charge is -2.41. The minimum absolute atomic E-state index is 0.0135. The molecule has 9 atom stereocenters. The molecule has 9 unspecified atom stereocenters. The van der Waals surface area contributed by atoms with Crippen molar-refractivity contribution in [3.63, 3.8) is 0 Å². The van der Waals surface area contributed by atoms with Crippen molar-refractivity contribution in [1.29, 1.82) is 0 Å². The minimum atomic E-state index is -1.34. The molecule has 79 heavy (non-hydrogen) atoms. The van der Waals surface area contributed by atoms with Gasteiger partial charge >= 0.3 is 0 Å². The summed E-state index contributed by atoms with van der Waals surface area (Å²) in [6, 6.07) is 6.60. The highest BCUT2D eigenvalue weighted by Gasteiger charge is 2.44. The van der Waals surface area contributed by atoms with Crippen LogP contribution in [0.5, 0.6) is 0 Å². The summed E-state index contributed by atoms with van der Waals surface area (Å²) in [6.07, 6.45) is 2.18. The molecule has 3 rings (SSSR count). The van der Waals surface area contributed by atoms with E-state index in [-0.39, 0.29) is 86.5 Å². The molecule has 2 aliphatic heterocycles. The molecule has 1 aromatic carbocycles. The van der Waals surface area contributed by atoms with Crippen molar-refractivity contribution >= 4 is 41.4 Å². The van der Waals surface area contributed by atoms with Crippen molar-refractivity contribution in [3.05, 3.63) is 48.0 Å². The molecule has 0 spiro atoms. The third kappa shape index (κ3) is 21.5. The molecule has 1 fully saturated rings. The van der Waals surface area contributed by atoms with Crippen molar-refractivity contribution in [2.24, 2.45) is 17.8 Å². The van der Waals surface area contributed by atoms with E-state index in [0.29, 0.717) is 90.8 Å². The van der Waals surface area contributed by atoms with Crippen LogP contribution in [0.15, 0.2) is 42.5 Å². The van der Waals surface area contributed by atoms with Gasteiger partial charge in [0.05, 0.1) is 141 Å². The van der Waals surface area contributed by atoms with E-state index in [2.05, 4.69) is 10.6 Å². The van der Waals surface area contributed by atoms with Gasteiger partial charge in [-0.15, -0.1) is 0 Å². The topological polar surface area (TPSA) is 251 Å². The molecule has 22 nitrogen and oxygen atoms in total. The molecule has 448 valence electrons. The molecule has 2 aliphatic rings. The highest BCUT2D eigenvalue weighted by atomic mass is 16.6. The molecule has 0 radical (unpaired) electrons. The first-order valence-corrected chi connectivity index (χ1v) is 27.9. The number of hydrogen-bond donors (Lipinski definition) is 3. The Morgan fingerprint density at radius 2 is 1.27 bits per heavy atom. The number of nitrogens with zero attached hydrogens (tertiary/aromatic N) is 4. The first kappa shape index (κ1) is 68.4. The van der Waals surface area contributed by atoms with Gasteiger partial charge in [0, 0.05) is 47.0 Å². The van der Waals surface area contributed by atoms with Gasteiger partial charge in [-0.05, 0) is 51.0 Å². The minimum Gasteiger partial charge on any atom is -0.386 e. The maximum atomic E-state index is 14.6. The fourth-order valence-electron chi connectivity index (χ4n) is 9.53. The smallest absolute Gasteiger partial charge is 0.253 e. The number of aliphatic hydroxyl groups excluding tert-OH is 1. The molecule has 0 bridgehead atoms. The Kier molecular flexibility index (Phi) is 30.9. The Balaban J connectivity index is 1.41. The van der Waals surface area contributed by atoms with Gasteiger partial charge in [-0.1, -0.05) is 71.4 Å². The van der Waals surface area contributed by atoms with E-state index < -0.39 is 59.8 Å². The van der Waals surface area contributed by atoms with Crippen LogP contribution in [0.2, 0.25) is 0 Å². The summed E-state index contributed by atoms with van der Waals surface area (Å²) in [4.78, 5) is 98.8. The maximum absolute atomic E-state index is 14.6. The van der Waals surface area contributed by atoms with Crippen LogP contribution < -0.4 is 10.6 Å². The molecule has 2 heterocycles. The number of hydrogen-bond acceptors (Lipinski definition) is 16. The van der Waals surface area contributed by atoms with Crippen molar-refractivity contribution < 1.29 is 76.6 Å². The van der Waals surface area contributed by atoms with E-state index >= 15 is 0 Å². The zero-order valence-corrected chi connectivity index (χ0v) is 49.1. The van der Waals surface area contributed by atoms with Crippen molar-refractivity contribution in [1.82, 2.24) is 30.2 Å². The molecule has 1 aromatic rings. The first-order valence-electron chi connectivity index (χ1n) is 27.9. The fourth-order valence-corrected chi connectivity index (χ4v) is 9.53. The van der Waals surface area contributed by atoms with E-state index in [1.807, 2.05) is 45.9 Å². The number of benzene rings is 1. The molecule has 7 amide bonds. The Labute approximate surface area is 468 Å². The zero-order chi connectivity index (χ0) is 58.7. The van der Waals surface area contributed by atoms with Crippen LogP contribution in [-0.2, 0) is 71.5 Å². The largest absolute Gasteiger partial charge is 0.386 e. The van der Waals surface area contributed by atoms with Crippen molar-refractivity contribution in [3.8, 4) is 0 Å². The number of likely N-dealkylation sites (tertiary alicyclic amines) is 1. The second-order valence-electron chi connectivity index (χ2n) is 21.0. The van der Waals surface area contributed by atoms with Crippen LogP contribution in [0.1, 0.15) is 99.2 Å². The summed E-state index contributed by atoms with van der Waals surface area (Å²) in [6.45, 7) is 18.9. The van der Waals surface area contributed by atoms with Crippen LogP contribution in [0, 0.1) is 17.8 Å². The second kappa shape index (κ2) is 35.7. The molecular weight excluding hydrogens is 1020 g/mol. The highest BCUT2D eigenvalue weighted by Crippen LogP contribution is 2.30. The average Bonchev–Trinajstić information content (AvgIpc) is 4.06. The molecule has 0 aromatic heterocycles. The lowest BCUT2D eigenvalue weighted by molar-refractivity contribution is -0.150. The molecular formula is C57H94N6O16. The van der Waals surface area contributed by atoms with E-state index in [1.165, 1.54) is 31.3 Å². The predicted octanol–water partition coefficient (Wildman–Crippen LogP) is 2.94. The standard InChI is InChI=1S/C57H94N6O16/c1-13-40(4)51(45(72-11)38-49(67)62-24-17-20-44(62)53(73-12)41(5)54(69)58-42(6)52(68)43-18-15-14-16-19-43)60(9)55(70)50(39(2)3)59-56(71)57(7,8)61(10)46(64)23-26-74-28-30-76-32-34-78-36-37-79-35-33-77-31-29-75-27-25-63-47(65)21-22-48(63)66/h14-16,18-19,21-22,39-42,44-45,50-53,68H,13,17,20,23-38H2,1-12H3,(H,58,69)(H,59,71). The van der Waals surface area contributed by atoms with Gasteiger partial charge in [0.1, 0.15) is 11.6 Å².